The number of rotatable bonds is 12. The van der Waals surface area contributed by atoms with Crippen LogP contribution in [0.25, 0.3) is 0 Å². The zero-order chi connectivity index (χ0) is 28.3. The molecule has 0 heterocycles. The van der Waals surface area contributed by atoms with Crippen LogP contribution < -0.4 is 10.6 Å². The minimum atomic E-state index is -0.761. The average Bonchev–Trinajstić information content (AvgIpc) is 2.84. The second kappa shape index (κ2) is 14.1. The topological polar surface area (TPSA) is 84.5 Å². The summed E-state index contributed by atoms with van der Waals surface area (Å²) in [6, 6.07) is 19.0. The molecule has 2 amide bonds. The number of aryl methyl sites for hydroxylation is 1. The molecule has 0 saturated heterocycles. The third kappa shape index (κ3) is 10.7. The van der Waals surface area contributed by atoms with Crippen LogP contribution in [0.4, 0.5) is 0 Å². The molecule has 3 atom stereocenters. The summed E-state index contributed by atoms with van der Waals surface area (Å²) in [4.78, 5) is 39.7. The number of hydrogen-bond acceptors (Lipinski definition) is 4. The molecule has 0 saturated carbocycles. The Bertz CT molecular complexity index is 1020. The molecule has 0 aromatic heterocycles. The van der Waals surface area contributed by atoms with Gasteiger partial charge >= 0.3 is 5.97 Å². The van der Waals surface area contributed by atoms with Crippen molar-refractivity contribution >= 4 is 17.8 Å². The molecule has 0 fully saturated rings. The minimum absolute atomic E-state index is 0.0298. The van der Waals surface area contributed by atoms with Crippen LogP contribution in [0.3, 0.4) is 0 Å². The van der Waals surface area contributed by atoms with Gasteiger partial charge in [-0.3, -0.25) is 14.4 Å². The van der Waals surface area contributed by atoms with Crippen molar-refractivity contribution in [3.8, 4) is 0 Å². The van der Waals surface area contributed by atoms with Crippen LogP contribution >= 0.6 is 0 Å². The Morgan fingerprint density at radius 1 is 0.816 bits per heavy atom. The lowest BCUT2D eigenvalue weighted by Gasteiger charge is -2.33. The molecule has 0 aliphatic heterocycles. The second-order valence-electron chi connectivity index (χ2n) is 12.1. The van der Waals surface area contributed by atoms with Gasteiger partial charge in [0.1, 0.15) is 11.6 Å². The van der Waals surface area contributed by atoms with Gasteiger partial charge in [-0.2, -0.15) is 0 Å². The highest BCUT2D eigenvalue weighted by Gasteiger charge is 2.36. The van der Waals surface area contributed by atoms with Gasteiger partial charge in [-0.25, -0.2) is 0 Å². The van der Waals surface area contributed by atoms with Crippen molar-refractivity contribution in [2.45, 2.75) is 98.3 Å². The van der Waals surface area contributed by atoms with Crippen molar-refractivity contribution in [2.75, 3.05) is 0 Å². The van der Waals surface area contributed by atoms with Crippen LogP contribution in [-0.2, 0) is 25.5 Å². The van der Waals surface area contributed by atoms with E-state index in [1.165, 1.54) is 5.56 Å². The van der Waals surface area contributed by atoms with E-state index >= 15 is 0 Å². The van der Waals surface area contributed by atoms with Crippen LogP contribution in [0.1, 0.15) is 91.3 Å². The zero-order valence-corrected chi connectivity index (χ0v) is 24.2. The number of ether oxygens (including phenoxy) is 1. The van der Waals surface area contributed by atoms with Gasteiger partial charge in [-0.1, -0.05) is 88.4 Å². The second-order valence-corrected chi connectivity index (χ2v) is 12.1. The molecule has 6 heteroatoms. The third-order valence-electron chi connectivity index (χ3n) is 6.41. The summed E-state index contributed by atoms with van der Waals surface area (Å²) in [7, 11) is 0. The highest BCUT2D eigenvalue weighted by Crippen LogP contribution is 2.24. The SMILES string of the molecule is CC[C@@H](NC(=O)[C@@H](NC(=O)C(CCCc1ccccc1)CC(=O)OC(C)(C)C)C(C)(C)C)c1ccccc1. The van der Waals surface area contributed by atoms with E-state index in [1.54, 1.807) is 0 Å². The van der Waals surface area contributed by atoms with E-state index < -0.39 is 28.9 Å². The molecule has 0 aliphatic carbocycles. The summed E-state index contributed by atoms with van der Waals surface area (Å²) in [5, 5.41) is 6.12. The lowest BCUT2D eigenvalue weighted by Crippen LogP contribution is -2.55. The van der Waals surface area contributed by atoms with Gasteiger partial charge in [-0.05, 0) is 63.0 Å². The van der Waals surface area contributed by atoms with Gasteiger partial charge in [0.05, 0.1) is 12.5 Å². The van der Waals surface area contributed by atoms with Crippen LogP contribution in [0, 0.1) is 11.3 Å². The molecule has 2 aromatic carbocycles. The van der Waals surface area contributed by atoms with Gasteiger partial charge in [-0.15, -0.1) is 0 Å². The van der Waals surface area contributed by atoms with E-state index in [4.69, 9.17) is 4.74 Å². The zero-order valence-electron chi connectivity index (χ0n) is 24.2. The van der Waals surface area contributed by atoms with Crippen LogP contribution in [0.2, 0.25) is 0 Å². The molecule has 0 radical (unpaired) electrons. The summed E-state index contributed by atoms with van der Waals surface area (Å²) < 4.78 is 5.52. The van der Waals surface area contributed by atoms with Gasteiger partial charge < -0.3 is 15.4 Å². The maximum absolute atomic E-state index is 13.6. The smallest absolute Gasteiger partial charge is 0.307 e. The Morgan fingerprint density at radius 2 is 1.39 bits per heavy atom. The maximum atomic E-state index is 13.6. The van der Waals surface area contributed by atoms with Crippen molar-refractivity contribution in [3.05, 3.63) is 71.8 Å². The molecule has 0 aliphatic rings. The normalized spacial score (nSPS) is 14.2. The summed E-state index contributed by atoms with van der Waals surface area (Å²) in [5.41, 5.74) is 1.03. The summed E-state index contributed by atoms with van der Waals surface area (Å²) >= 11 is 0. The lowest BCUT2D eigenvalue weighted by molar-refractivity contribution is -0.157. The van der Waals surface area contributed by atoms with Crippen molar-refractivity contribution in [1.29, 1.82) is 0 Å². The molecule has 208 valence electrons. The first-order valence-electron chi connectivity index (χ1n) is 13.7. The Labute approximate surface area is 228 Å². The van der Waals surface area contributed by atoms with Crippen LogP contribution in [-0.4, -0.2) is 29.4 Å². The van der Waals surface area contributed by atoms with Crippen molar-refractivity contribution in [1.82, 2.24) is 10.6 Å². The quantitative estimate of drug-likeness (QED) is 0.327. The molecule has 1 unspecified atom stereocenters. The van der Waals surface area contributed by atoms with E-state index in [9.17, 15) is 14.4 Å². The molecular weight excluding hydrogens is 476 g/mol. The fourth-order valence-electron chi connectivity index (χ4n) is 4.40. The number of carbonyl (C=O) groups is 3. The Morgan fingerprint density at radius 3 is 1.92 bits per heavy atom. The highest BCUT2D eigenvalue weighted by atomic mass is 16.6. The van der Waals surface area contributed by atoms with Crippen LogP contribution in [0.15, 0.2) is 60.7 Å². The number of carbonyl (C=O) groups excluding carboxylic acids is 3. The molecule has 2 aromatic rings. The van der Waals surface area contributed by atoms with Gasteiger partial charge in [0, 0.05) is 5.92 Å². The molecule has 2 N–H and O–H groups in total. The Hall–Kier alpha value is -3.15. The van der Waals surface area contributed by atoms with Crippen molar-refractivity contribution in [3.63, 3.8) is 0 Å². The van der Waals surface area contributed by atoms with E-state index in [1.807, 2.05) is 97.0 Å². The van der Waals surface area contributed by atoms with E-state index in [-0.39, 0.29) is 24.3 Å². The molecule has 38 heavy (non-hydrogen) atoms. The lowest BCUT2D eigenvalue weighted by atomic mass is 9.85. The third-order valence-corrected chi connectivity index (χ3v) is 6.41. The average molecular weight is 523 g/mol. The van der Waals surface area contributed by atoms with Gasteiger partial charge in [0.25, 0.3) is 0 Å². The van der Waals surface area contributed by atoms with Crippen LogP contribution in [0.5, 0.6) is 0 Å². The van der Waals surface area contributed by atoms with E-state index in [0.717, 1.165) is 24.8 Å². The number of hydrogen-bond donors (Lipinski definition) is 2. The summed E-state index contributed by atoms with van der Waals surface area (Å²) in [6.07, 6.45) is 2.75. The first-order chi connectivity index (χ1) is 17.8. The minimum Gasteiger partial charge on any atom is -0.460 e. The first kappa shape index (κ1) is 31.1. The molecule has 6 nitrogen and oxygen atoms in total. The van der Waals surface area contributed by atoms with Crippen molar-refractivity contribution < 1.29 is 19.1 Å². The molecular formula is C32H46N2O4. The fraction of sp³-hybridized carbons (Fsp3) is 0.531. The number of benzene rings is 2. The number of amides is 2. The monoisotopic (exact) mass is 522 g/mol. The molecule has 0 bridgehead atoms. The van der Waals surface area contributed by atoms with Gasteiger partial charge in [0.15, 0.2) is 0 Å². The summed E-state index contributed by atoms with van der Waals surface area (Å²) in [6.45, 7) is 13.2. The van der Waals surface area contributed by atoms with E-state index in [0.29, 0.717) is 6.42 Å². The fourth-order valence-corrected chi connectivity index (χ4v) is 4.40. The molecule has 0 spiro atoms. The first-order valence-corrected chi connectivity index (χ1v) is 13.7. The number of nitrogens with one attached hydrogen (secondary N) is 2. The predicted octanol–water partition coefficient (Wildman–Crippen LogP) is 6.16. The van der Waals surface area contributed by atoms with E-state index in [2.05, 4.69) is 22.8 Å². The highest BCUT2D eigenvalue weighted by molar-refractivity contribution is 5.90. The molecule has 2 rings (SSSR count). The Kier molecular flexibility index (Phi) is 11.6. The van der Waals surface area contributed by atoms with Crippen molar-refractivity contribution in [2.24, 2.45) is 11.3 Å². The summed E-state index contributed by atoms with van der Waals surface area (Å²) in [5.74, 6) is -1.54. The Balaban J connectivity index is 2.17. The standard InChI is InChI=1S/C32H46N2O4/c1-8-26(24-19-13-10-14-20-24)33-30(37)28(31(2,3)4)34-29(36)25(22-27(35)38-32(5,6)7)21-15-18-23-16-11-9-12-17-23/h9-14,16-17,19-20,25-26,28H,8,15,18,21-22H2,1-7H3,(H,33,37)(H,34,36)/t25?,26-,28-/m1/s1. The largest absolute Gasteiger partial charge is 0.460 e. The number of esters is 1. The van der Waals surface area contributed by atoms with Gasteiger partial charge in [0.2, 0.25) is 11.8 Å². The maximum Gasteiger partial charge on any atom is 0.307 e. The predicted molar refractivity (Wildman–Crippen MR) is 152 cm³/mol.